The second-order valence-corrected chi connectivity index (χ2v) is 9.54. The van der Waals surface area contributed by atoms with Crippen molar-refractivity contribution in [2.75, 3.05) is 37.7 Å². The van der Waals surface area contributed by atoms with Gasteiger partial charge in [-0.15, -0.1) is 0 Å². The van der Waals surface area contributed by atoms with Gasteiger partial charge in [-0.3, -0.25) is 14.9 Å². The smallest absolute Gasteiger partial charge is 0.423 e. The molecule has 4 rings (SSSR count). The number of nitrogens with zero attached hydrogens (tertiary/aromatic N) is 3. The van der Waals surface area contributed by atoms with Gasteiger partial charge in [0.2, 0.25) is 5.91 Å². The number of nitro groups is 1. The molecule has 2 aromatic rings. The number of ether oxygens (including phenoxy) is 2. The molecule has 1 saturated carbocycles. The fourth-order valence-electron chi connectivity index (χ4n) is 4.63. The lowest BCUT2D eigenvalue weighted by atomic mass is 9.95. The minimum absolute atomic E-state index is 0.0194. The Morgan fingerprint density at radius 3 is 2.22 bits per heavy atom. The van der Waals surface area contributed by atoms with Crippen LogP contribution in [0.3, 0.4) is 0 Å². The topological polar surface area (TPSA) is 85.1 Å². The maximum Gasteiger partial charge on any atom is 0.423 e. The van der Waals surface area contributed by atoms with Gasteiger partial charge in [-0.1, -0.05) is 11.6 Å². The van der Waals surface area contributed by atoms with Gasteiger partial charge in [0.1, 0.15) is 17.9 Å². The number of halogens is 4. The van der Waals surface area contributed by atoms with Crippen LogP contribution in [0.25, 0.3) is 0 Å². The average molecular weight is 542 g/mol. The molecule has 12 heteroatoms. The summed E-state index contributed by atoms with van der Waals surface area (Å²) in [5.41, 5.74) is -1.28. The molecule has 200 valence electrons. The summed E-state index contributed by atoms with van der Waals surface area (Å²) < 4.78 is 51.1. The van der Waals surface area contributed by atoms with Crippen LogP contribution in [0.15, 0.2) is 42.5 Å². The average Bonchev–Trinajstić information content (AvgIpc) is 2.88. The first-order chi connectivity index (χ1) is 17.6. The number of carbonyl (C=O) groups excluding carboxylic acids is 1. The van der Waals surface area contributed by atoms with E-state index in [-0.39, 0.29) is 30.5 Å². The normalized spacial score (nSPS) is 20.5. The summed E-state index contributed by atoms with van der Waals surface area (Å²) in [7, 11) is 0. The number of hydrogen-bond donors (Lipinski definition) is 0. The van der Waals surface area contributed by atoms with E-state index in [1.165, 1.54) is 6.07 Å². The largest absolute Gasteiger partial charge is 0.490 e. The van der Waals surface area contributed by atoms with Crippen molar-refractivity contribution in [3.63, 3.8) is 0 Å². The molecule has 2 aromatic carbocycles. The van der Waals surface area contributed by atoms with E-state index in [1.807, 2.05) is 24.3 Å². The van der Waals surface area contributed by atoms with Gasteiger partial charge in [0.05, 0.1) is 17.1 Å². The summed E-state index contributed by atoms with van der Waals surface area (Å²) in [6, 6.07) is 10.3. The van der Waals surface area contributed by atoms with E-state index in [1.54, 1.807) is 4.90 Å². The van der Waals surface area contributed by atoms with E-state index in [4.69, 9.17) is 21.1 Å². The quantitative estimate of drug-likeness (QED) is 0.348. The molecule has 0 N–H and O–H groups in total. The SMILES string of the molecule is O=C(COC1CCC(Oc2ccc([N+](=O)[O-])c(C(F)(F)F)c2)CC1)N1CCN(c2ccc(Cl)cc2)CC1. The van der Waals surface area contributed by atoms with Crippen molar-refractivity contribution in [2.24, 2.45) is 0 Å². The number of alkyl halides is 3. The number of benzene rings is 2. The molecule has 2 aliphatic rings. The van der Waals surface area contributed by atoms with Crippen molar-refractivity contribution in [3.05, 3.63) is 63.2 Å². The van der Waals surface area contributed by atoms with Crippen LogP contribution in [0.5, 0.6) is 5.75 Å². The van der Waals surface area contributed by atoms with Crippen LogP contribution in [0, 0.1) is 10.1 Å². The van der Waals surface area contributed by atoms with E-state index in [2.05, 4.69) is 4.90 Å². The standard InChI is InChI=1S/C25H27ClF3N3O5/c26-17-1-3-18(4-2-17)30-11-13-31(14-12-30)24(33)16-36-19-5-7-20(8-6-19)37-21-9-10-23(32(34)35)22(15-21)25(27,28)29/h1-4,9-10,15,19-20H,5-8,11-14,16H2. The molecule has 0 aromatic heterocycles. The van der Waals surface area contributed by atoms with Crippen LogP contribution in [-0.4, -0.2) is 60.7 Å². The van der Waals surface area contributed by atoms with Gasteiger partial charge in [-0.2, -0.15) is 13.2 Å². The zero-order chi connectivity index (χ0) is 26.6. The zero-order valence-corrected chi connectivity index (χ0v) is 20.7. The van der Waals surface area contributed by atoms with Crippen LogP contribution in [0.1, 0.15) is 31.2 Å². The van der Waals surface area contributed by atoms with Gasteiger partial charge >= 0.3 is 6.18 Å². The van der Waals surface area contributed by atoms with Crippen molar-refractivity contribution in [1.29, 1.82) is 0 Å². The Hall–Kier alpha value is -3.05. The predicted molar refractivity (Wildman–Crippen MR) is 131 cm³/mol. The summed E-state index contributed by atoms with van der Waals surface area (Å²) in [5, 5.41) is 11.6. The van der Waals surface area contributed by atoms with Crippen molar-refractivity contribution < 1.29 is 32.4 Å². The third-order valence-electron chi connectivity index (χ3n) is 6.66. The van der Waals surface area contributed by atoms with Crippen molar-refractivity contribution >= 4 is 28.9 Å². The summed E-state index contributed by atoms with van der Waals surface area (Å²) in [6.07, 6.45) is -3.06. The van der Waals surface area contributed by atoms with Gasteiger partial charge in [0.25, 0.3) is 5.69 Å². The third-order valence-corrected chi connectivity index (χ3v) is 6.91. The summed E-state index contributed by atoms with van der Waals surface area (Å²) in [4.78, 5) is 26.5. The first-order valence-corrected chi connectivity index (χ1v) is 12.4. The number of anilines is 1. The highest BCUT2D eigenvalue weighted by Crippen LogP contribution is 2.39. The molecule has 37 heavy (non-hydrogen) atoms. The number of hydrogen-bond acceptors (Lipinski definition) is 6. The number of nitro benzene ring substituents is 1. The highest BCUT2D eigenvalue weighted by Gasteiger charge is 2.39. The van der Waals surface area contributed by atoms with Crippen LogP contribution >= 0.6 is 11.6 Å². The molecule has 8 nitrogen and oxygen atoms in total. The van der Waals surface area contributed by atoms with Crippen LogP contribution in [-0.2, 0) is 15.7 Å². The second kappa shape index (κ2) is 11.6. The predicted octanol–water partition coefficient (Wildman–Crippen LogP) is 5.32. The van der Waals surface area contributed by atoms with E-state index in [0.29, 0.717) is 63.0 Å². The molecule has 0 unspecified atom stereocenters. The minimum Gasteiger partial charge on any atom is -0.490 e. The number of amides is 1. The minimum atomic E-state index is -4.86. The Labute approximate surface area is 217 Å². The maximum absolute atomic E-state index is 13.2. The van der Waals surface area contributed by atoms with E-state index in [9.17, 15) is 28.1 Å². The molecular weight excluding hydrogens is 515 g/mol. The lowest BCUT2D eigenvalue weighted by Crippen LogP contribution is -2.50. The molecule has 1 amide bonds. The summed E-state index contributed by atoms with van der Waals surface area (Å²) in [5.74, 6) is -0.130. The summed E-state index contributed by atoms with van der Waals surface area (Å²) in [6.45, 7) is 2.61. The number of carbonyl (C=O) groups is 1. The zero-order valence-electron chi connectivity index (χ0n) is 20.0. The molecule has 0 radical (unpaired) electrons. The first-order valence-electron chi connectivity index (χ1n) is 12.0. The Bertz CT molecular complexity index is 1100. The molecular formula is C25H27ClF3N3O5. The lowest BCUT2D eigenvalue weighted by Gasteiger charge is -2.36. The van der Waals surface area contributed by atoms with E-state index < -0.39 is 22.4 Å². The monoisotopic (exact) mass is 541 g/mol. The molecule has 1 aliphatic heterocycles. The first kappa shape index (κ1) is 27.0. The number of piperazine rings is 1. The number of rotatable bonds is 7. The lowest BCUT2D eigenvalue weighted by molar-refractivity contribution is -0.388. The Morgan fingerprint density at radius 1 is 1.00 bits per heavy atom. The molecule has 0 atom stereocenters. The van der Waals surface area contributed by atoms with Gasteiger partial charge in [-0.25, -0.2) is 0 Å². The highest BCUT2D eigenvalue weighted by atomic mass is 35.5. The molecule has 0 spiro atoms. The molecule has 2 fully saturated rings. The van der Waals surface area contributed by atoms with Gasteiger partial charge in [0, 0.05) is 43.0 Å². The van der Waals surface area contributed by atoms with Gasteiger partial charge < -0.3 is 19.3 Å². The molecule has 0 bridgehead atoms. The fourth-order valence-corrected chi connectivity index (χ4v) is 4.76. The van der Waals surface area contributed by atoms with Crippen molar-refractivity contribution in [1.82, 2.24) is 4.90 Å². The highest BCUT2D eigenvalue weighted by molar-refractivity contribution is 6.30. The van der Waals surface area contributed by atoms with Gasteiger partial charge in [-0.05, 0) is 62.1 Å². The molecule has 1 saturated heterocycles. The summed E-state index contributed by atoms with van der Waals surface area (Å²) >= 11 is 5.94. The molecule has 1 heterocycles. The Kier molecular flexibility index (Phi) is 8.43. The Morgan fingerprint density at radius 2 is 1.62 bits per heavy atom. The molecule has 1 aliphatic carbocycles. The Balaban J connectivity index is 1.20. The second-order valence-electron chi connectivity index (χ2n) is 9.11. The van der Waals surface area contributed by atoms with E-state index in [0.717, 1.165) is 11.8 Å². The third kappa shape index (κ3) is 7.04. The van der Waals surface area contributed by atoms with E-state index >= 15 is 0 Å². The van der Waals surface area contributed by atoms with Gasteiger partial charge in [0.15, 0.2) is 0 Å². The van der Waals surface area contributed by atoms with Crippen molar-refractivity contribution in [3.8, 4) is 5.75 Å². The van der Waals surface area contributed by atoms with Crippen LogP contribution < -0.4 is 9.64 Å². The van der Waals surface area contributed by atoms with Crippen LogP contribution in [0.4, 0.5) is 24.5 Å². The van der Waals surface area contributed by atoms with Crippen LogP contribution in [0.2, 0.25) is 5.02 Å². The maximum atomic E-state index is 13.2. The van der Waals surface area contributed by atoms with Crippen molar-refractivity contribution in [2.45, 2.75) is 44.1 Å². The fraction of sp³-hybridized carbons (Fsp3) is 0.480.